The molecule has 0 saturated heterocycles. The number of benzene rings is 2. The number of hydrogen-bond acceptors (Lipinski definition) is 2. The molecule has 0 heterocycles. The van der Waals surface area contributed by atoms with Crippen molar-refractivity contribution in [1.29, 1.82) is 0 Å². The van der Waals surface area contributed by atoms with Gasteiger partial charge >= 0.3 is 5.97 Å². The maximum Gasteiger partial charge on any atom is 0.317 e. The van der Waals surface area contributed by atoms with E-state index in [1.165, 1.54) is 17.3 Å². The van der Waals surface area contributed by atoms with Crippen LogP contribution in [0.4, 0.5) is 0 Å². The Labute approximate surface area is 130 Å². The smallest absolute Gasteiger partial charge is 0.317 e. The third-order valence-electron chi connectivity index (χ3n) is 3.61. The van der Waals surface area contributed by atoms with E-state index in [9.17, 15) is 9.90 Å². The molecule has 0 fully saturated rings. The van der Waals surface area contributed by atoms with E-state index in [0.29, 0.717) is 6.42 Å². The Morgan fingerprint density at radius 1 is 1.05 bits per heavy atom. The second kappa shape index (κ2) is 6.81. The molecule has 0 aliphatic rings. The average Bonchev–Trinajstić information content (AvgIpc) is 2.43. The van der Waals surface area contributed by atoms with Crippen LogP contribution >= 0.6 is 11.8 Å². The van der Waals surface area contributed by atoms with Crippen molar-refractivity contribution in [2.24, 2.45) is 0 Å². The normalized spacial score (nSPS) is 12.1. The van der Waals surface area contributed by atoms with Gasteiger partial charge in [0, 0.05) is 4.90 Å². The quantitative estimate of drug-likeness (QED) is 0.832. The van der Waals surface area contributed by atoms with Gasteiger partial charge in [-0.25, -0.2) is 0 Å². The van der Waals surface area contributed by atoms with Gasteiger partial charge in [-0.15, -0.1) is 11.8 Å². The van der Waals surface area contributed by atoms with Gasteiger partial charge in [0.1, 0.15) is 5.25 Å². The zero-order valence-electron chi connectivity index (χ0n) is 12.6. The molecule has 2 aromatic carbocycles. The molecule has 2 nitrogen and oxygen atoms in total. The molecule has 0 saturated carbocycles. The second-order valence-electron chi connectivity index (χ2n) is 5.33. The third-order valence-corrected chi connectivity index (χ3v) is 4.81. The van der Waals surface area contributed by atoms with E-state index in [1.807, 2.05) is 63.2 Å². The monoisotopic (exact) mass is 300 g/mol. The van der Waals surface area contributed by atoms with Crippen molar-refractivity contribution in [1.82, 2.24) is 0 Å². The molecular weight excluding hydrogens is 280 g/mol. The molecule has 0 spiro atoms. The number of rotatable bonds is 5. The highest BCUT2D eigenvalue weighted by Gasteiger charge is 2.21. The van der Waals surface area contributed by atoms with Gasteiger partial charge in [0.05, 0.1) is 0 Å². The Balaban J connectivity index is 2.20. The minimum Gasteiger partial charge on any atom is -0.480 e. The summed E-state index contributed by atoms with van der Waals surface area (Å²) in [7, 11) is 0. The summed E-state index contributed by atoms with van der Waals surface area (Å²) in [6, 6.07) is 14.1. The van der Waals surface area contributed by atoms with Crippen molar-refractivity contribution in [2.45, 2.75) is 37.3 Å². The summed E-state index contributed by atoms with van der Waals surface area (Å²) < 4.78 is 0. The van der Waals surface area contributed by atoms with Crippen LogP contribution in [0, 0.1) is 20.8 Å². The minimum absolute atomic E-state index is 0.465. The summed E-state index contributed by atoms with van der Waals surface area (Å²) in [6.45, 7) is 6.11. The van der Waals surface area contributed by atoms with E-state index >= 15 is 0 Å². The van der Waals surface area contributed by atoms with Gasteiger partial charge in [0.25, 0.3) is 0 Å². The third kappa shape index (κ3) is 4.11. The zero-order chi connectivity index (χ0) is 15.4. The summed E-state index contributed by atoms with van der Waals surface area (Å²) in [5.41, 5.74) is 4.64. The van der Waals surface area contributed by atoms with Crippen molar-refractivity contribution >= 4 is 17.7 Å². The van der Waals surface area contributed by atoms with Crippen molar-refractivity contribution in [3.63, 3.8) is 0 Å². The summed E-state index contributed by atoms with van der Waals surface area (Å²) in [6.07, 6.45) is 0.548. The van der Waals surface area contributed by atoms with Crippen LogP contribution in [0.3, 0.4) is 0 Å². The van der Waals surface area contributed by atoms with Gasteiger partial charge in [-0.1, -0.05) is 35.9 Å². The Morgan fingerprint density at radius 2 is 1.62 bits per heavy atom. The highest BCUT2D eigenvalue weighted by Crippen LogP contribution is 2.28. The molecule has 2 aromatic rings. The van der Waals surface area contributed by atoms with E-state index in [2.05, 4.69) is 0 Å². The van der Waals surface area contributed by atoms with Crippen LogP contribution in [0.2, 0.25) is 0 Å². The van der Waals surface area contributed by atoms with E-state index in [0.717, 1.165) is 21.6 Å². The molecular formula is C18H20O2S. The van der Waals surface area contributed by atoms with Crippen LogP contribution in [-0.2, 0) is 11.2 Å². The second-order valence-corrected chi connectivity index (χ2v) is 6.61. The van der Waals surface area contributed by atoms with Crippen LogP contribution < -0.4 is 0 Å². The predicted molar refractivity (Wildman–Crippen MR) is 88.1 cm³/mol. The number of aryl methyl sites for hydroxylation is 3. The highest BCUT2D eigenvalue weighted by atomic mass is 32.2. The molecule has 0 aliphatic heterocycles. The lowest BCUT2D eigenvalue weighted by Crippen LogP contribution is -2.20. The number of carboxylic acids is 1. The molecule has 0 unspecified atom stereocenters. The van der Waals surface area contributed by atoms with Crippen molar-refractivity contribution in [3.8, 4) is 0 Å². The average molecular weight is 300 g/mol. The zero-order valence-corrected chi connectivity index (χ0v) is 13.4. The maximum absolute atomic E-state index is 11.6. The van der Waals surface area contributed by atoms with Crippen LogP contribution in [0.1, 0.15) is 22.3 Å². The van der Waals surface area contributed by atoms with Gasteiger partial charge in [0.15, 0.2) is 0 Å². The number of thioether (sulfide) groups is 1. The molecule has 0 aliphatic carbocycles. The topological polar surface area (TPSA) is 37.3 Å². The standard InChI is InChI=1S/C18H20O2S/c1-12-7-9-15(10-8-12)21-17(18(19)20)11-16-13(2)5-4-6-14(16)3/h4-10,17H,11H2,1-3H3,(H,19,20)/t17-/m0/s1. The number of aliphatic carboxylic acids is 1. The van der Waals surface area contributed by atoms with E-state index in [1.54, 1.807) is 0 Å². The van der Waals surface area contributed by atoms with Gasteiger partial charge in [-0.2, -0.15) is 0 Å². The number of carbonyl (C=O) groups is 1. The Hall–Kier alpha value is -1.74. The fourth-order valence-corrected chi connectivity index (χ4v) is 3.29. The van der Waals surface area contributed by atoms with Gasteiger partial charge in [-0.05, 0) is 56.0 Å². The molecule has 21 heavy (non-hydrogen) atoms. The Morgan fingerprint density at radius 3 is 2.14 bits per heavy atom. The number of carboxylic acid groups (broad SMARTS) is 1. The lowest BCUT2D eigenvalue weighted by molar-refractivity contribution is -0.136. The van der Waals surface area contributed by atoms with Gasteiger partial charge in [-0.3, -0.25) is 4.79 Å². The summed E-state index contributed by atoms with van der Waals surface area (Å²) in [4.78, 5) is 12.6. The summed E-state index contributed by atoms with van der Waals surface area (Å²) in [5, 5.41) is 9.05. The van der Waals surface area contributed by atoms with Crippen molar-refractivity contribution < 1.29 is 9.90 Å². The van der Waals surface area contributed by atoms with Crippen LogP contribution in [0.15, 0.2) is 47.4 Å². The maximum atomic E-state index is 11.6. The molecule has 3 heteroatoms. The first-order valence-electron chi connectivity index (χ1n) is 6.98. The molecule has 0 bridgehead atoms. The lowest BCUT2D eigenvalue weighted by Gasteiger charge is -2.16. The molecule has 0 radical (unpaired) electrons. The SMILES string of the molecule is Cc1ccc(S[C@@H](Cc2c(C)cccc2C)C(=O)O)cc1. The largest absolute Gasteiger partial charge is 0.480 e. The van der Waals surface area contributed by atoms with Crippen LogP contribution in [0.5, 0.6) is 0 Å². The van der Waals surface area contributed by atoms with Crippen molar-refractivity contribution in [2.75, 3.05) is 0 Å². The summed E-state index contributed by atoms with van der Waals surface area (Å²) in [5.74, 6) is -0.761. The van der Waals surface area contributed by atoms with Crippen molar-refractivity contribution in [3.05, 3.63) is 64.7 Å². The molecule has 0 amide bonds. The minimum atomic E-state index is -0.761. The first-order chi connectivity index (χ1) is 9.97. The summed E-state index contributed by atoms with van der Waals surface area (Å²) >= 11 is 1.42. The van der Waals surface area contributed by atoms with E-state index in [4.69, 9.17) is 0 Å². The van der Waals surface area contributed by atoms with Crippen LogP contribution in [0.25, 0.3) is 0 Å². The van der Waals surface area contributed by atoms with E-state index in [-0.39, 0.29) is 0 Å². The van der Waals surface area contributed by atoms with Gasteiger partial charge in [0.2, 0.25) is 0 Å². The highest BCUT2D eigenvalue weighted by molar-refractivity contribution is 8.00. The molecule has 0 aromatic heterocycles. The predicted octanol–water partition coefficient (Wildman–Crippen LogP) is 4.40. The fourth-order valence-electron chi connectivity index (χ4n) is 2.32. The van der Waals surface area contributed by atoms with E-state index < -0.39 is 11.2 Å². The molecule has 1 atom stereocenters. The Kier molecular flexibility index (Phi) is 5.07. The molecule has 2 rings (SSSR count). The molecule has 1 N–H and O–H groups in total. The lowest BCUT2D eigenvalue weighted by atomic mass is 9.98. The first-order valence-corrected chi connectivity index (χ1v) is 7.86. The molecule has 110 valence electrons. The first kappa shape index (κ1) is 15.6. The van der Waals surface area contributed by atoms with Gasteiger partial charge < -0.3 is 5.11 Å². The van der Waals surface area contributed by atoms with Crippen LogP contribution in [-0.4, -0.2) is 16.3 Å². The Bertz CT molecular complexity index is 612. The fraction of sp³-hybridized carbons (Fsp3) is 0.278. The number of hydrogen-bond donors (Lipinski definition) is 1.